The Morgan fingerprint density at radius 2 is 2.11 bits per heavy atom. The van der Waals surface area contributed by atoms with Crippen LogP contribution in [0.4, 0.5) is 17.6 Å². The summed E-state index contributed by atoms with van der Waals surface area (Å²) in [7, 11) is 0. The van der Waals surface area contributed by atoms with Crippen LogP contribution in [0.1, 0.15) is 40.7 Å². The maximum atomic E-state index is 14.1. The van der Waals surface area contributed by atoms with Crippen LogP contribution < -0.4 is 0 Å². The molecule has 1 unspecified atom stereocenters. The van der Waals surface area contributed by atoms with Gasteiger partial charge in [0.2, 0.25) is 5.82 Å². The topological polar surface area (TPSA) is 66.8 Å². The molecular weight excluding hydrogens is 402 g/mol. The summed E-state index contributed by atoms with van der Waals surface area (Å²) in [6.07, 6.45) is -3.47. The summed E-state index contributed by atoms with van der Waals surface area (Å²) < 4.78 is 54.5. The summed E-state index contributed by atoms with van der Waals surface area (Å²) in [5.41, 5.74) is 1.10. The Bertz CT molecular complexity index is 1100. The van der Waals surface area contributed by atoms with Gasteiger partial charge in [-0.15, -0.1) is 0 Å². The number of hydrogen-bond acceptors (Lipinski definition) is 3. The van der Waals surface area contributed by atoms with E-state index in [1.54, 1.807) is 13.8 Å². The predicted molar refractivity (Wildman–Crippen MR) is 92.5 cm³/mol. The molecule has 1 aromatic carbocycles. The van der Waals surface area contributed by atoms with Gasteiger partial charge < -0.3 is 14.5 Å². The number of halogens is 5. The van der Waals surface area contributed by atoms with E-state index in [1.165, 1.54) is 4.90 Å². The first-order valence-electron chi connectivity index (χ1n) is 8.34. The molecule has 0 radical (unpaired) electrons. The lowest BCUT2D eigenvalue weighted by Crippen LogP contribution is -2.41. The highest BCUT2D eigenvalue weighted by Crippen LogP contribution is 2.34. The zero-order chi connectivity index (χ0) is 20.4. The third-order valence-electron chi connectivity index (χ3n) is 4.81. The van der Waals surface area contributed by atoms with Crippen LogP contribution in [0.15, 0.2) is 12.3 Å². The number of H-pyrrole nitrogens is 1. The first-order chi connectivity index (χ1) is 13.1. The number of rotatable bonds is 1. The first-order valence-corrected chi connectivity index (χ1v) is 8.72. The zero-order valence-electron chi connectivity index (χ0n) is 14.7. The van der Waals surface area contributed by atoms with E-state index in [1.807, 2.05) is 0 Å². The summed E-state index contributed by atoms with van der Waals surface area (Å²) in [6, 6.07) is 0.484. The number of nitrogens with one attached hydrogen (secondary N) is 1. The molecular formula is C17H14ClF4N5O. The molecule has 0 saturated carbocycles. The molecule has 1 atom stereocenters. The number of amides is 1. The Balaban J connectivity index is 1.69. The minimum atomic E-state index is -4.58. The van der Waals surface area contributed by atoms with Crippen LogP contribution in [-0.4, -0.2) is 36.9 Å². The fourth-order valence-electron chi connectivity index (χ4n) is 3.51. The number of aryl methyl sites for hydroxylation is 1. The van der Waals surface area contributed by atoms with E-state index in [9.17, 15) is 22.4 Å². The smallest absolute Gasteiger partial charge is 0.333 e. The van der Waals surface area contributed by atoms with Gasteiger partial charge in [-0.05, 0) is 25.5 Å². The summed E-state index contributed by atoms with van der Waals surface area (Å²) in [5.74, 6) is -2.30. The number of aromatic amines is 1. The molecule has 11 heteroatoms. The summed E-state index contributed by atoms with van der Waals surface area (Å²) >= 11 is 5.96. The number of imidazole rings is 2. The minimum absolute atomic E-state index is 0.0142. The second-order valence-electron chi connectivity index (χ2n) is 6.75. The van der Waals surface area contributed by atoms with Crippen molar-refractivity contribution in [3.63, 3.8) is 0 Å². The lowest BCUT2D eigenvalue weighted by atomic mass is 10.2. The second kappa shape index (κ2) is 6.20. The molecule has 3 aromatic rings. The van der Waals surface area contributed by atoms with Crippen LogP contribution in [0.2, 0.25) is 5.02 Å². The summed E-state index contributed by atoms with van der Waals surface area (Å²) in [4.78, 5) is 24.5. The molecule has 2 aromatic heterocycles. The summed E-state index contributed by atoms with van der Waals surface area (Å²) in [6.45, 7) is 3.20. The van der Waals surface area contributed by atoms with E-state index in [-0.39, 0.29) is 35.1 Å². The van der Waals surface area contributed by atoms with Crippen molar-refractivity contribution >= 4 is 28.5 Å². The fourth-order valence-corrected chi connectivity index (χ4v) is 3.70. The number of fused-ring (bicyclic) bond motifs is 2. The Labute approximate surface area is 161 Å². The van der Waals surface area contributed by atoms with Gasteiger partial charge in [-0.3, -0.25) is 4.79 Å². The van der Waals surface area contributed by atoms with Crippen LogP contribution in [0.25, 0.3) is 11.0 Å². The SMILES string of the molecule is Cc1c(Cl)cc(F)c2nc(C(=O)N3Cc4cnc(C(F)(F)F)n4C(C)C3)[nH]c12. The van der Waals surface area contributed by atoms with E-state index < -0.39 is 29.8 Å². The standard InChI is InChI=1S/C17H14ClF4N5O/c1-7-5-26(6-9-4-23-16(27(7)9)17(20,21)22)15(28)14-24-12-8(2)10(18)3-11(19)13(12)25-14/h3-4,7H,5-6H2,1-2H3,(H,24,25). The van der Waals surface area contributed by atoms with Gasteiger partial charge >= 0.3 is 6.18 Å². The third kappa shape index (κ3) is 2.83. The van der Waals surface area contributed by atoms with Crippen molar-refractivity contribution in [1.29, 1.82) is 0 Å². The van der Waals surface area contributed by atoms with Crippen molar-refractivity contribution in [2.45, 2.75) is 32.6 Å². The highest BCUT2D eigenvalue weighted by molar-refractivity contribution is 6.32. The number of alkyl halides is 3. The van der Waals surface area contributed by atoms with Crippen LogP contribution >= 0.6 is 11.6 Å². The van der Waals surface area contributed by atoms with E-state index in [0.717, 1.165) is 16.8 Å². The molecule has 0 spiro atoms. The number of aromatic nitrogens is 4. The number of carbonyl (C=O) groups excluding carboxylic acids is 1. The monoisotopic (exact) mass is 415 g/mol. The van der Waals surface area contributed by atoms with E-state index in [0.29, 0.717) is 11.1 Å². The highest BCUT2D eigenvalue weighted by atomic mass is 35.5. The van der Waals surface area contributed by atoms with Crippen molar-refractivity contribution in [3.05, 3.63) is 46.0 Å². The largest absolute Gasteiger partial charge is 0.449 e. The lowest BCUT2D eigenvalue weighted by molar-refractivity contribution is -0.148. The van der Waals surface area contributed by atoms with Gasteiger partial charge in [0.1, 0.15) is 5.52 Å². The molecule has 1 aliphatic rings. The molecule has 0 saturated heterocycles. The Kier molecular flexibility index (Phi) is 4.14. The molecule has 1 aliphatic heterocycles. The zero-order valence-corrected chi connectivity index (χ0v) is 15.5. The molecule has 0 bridgehead atoms. The average Bonchev–Trinajstić information content (AvgIpc) is 3.23. The first kappa shape index (κ1) is 18.7. The predicted octanol–water partition coefficient (Wildman–Crippen LogP) is 4.10. The van der Waals surface area contributed by atoms with Gasteiger partial charge in [0.05, 0.1) is 30.0 Å². The van der Waals surface area contributed by atoms with Crippen LogP contribution in [0, 0.1) is 12.7 Å². The van der Waals surface area contributed by atoms with Crippen molar-refractivity contribution in [1.82, 2.24) is 24.4 Å². The van der Waals surface area contributed by atoms with Gasteiger partial charge in [-0.25, -0.2) is 14.4 Å². The molecule has 148 valence electrons. The van der Waals surface area contributed by atoms with Gasteiger partial charge in [-0.1, -0.05) is 11.6 Å². The Hall–Kier alpha value is -2.62. The molecule has 6 nitrogen and oxygen atoms in total. The van der Waals surface area contributed by atoms with Gasteiger partial charge in [0.15, 0.2) is 11.6 Å². The van der Waals surface area contributed by atoms with E-state index in [2.05, 4.69) is 15.0 Å². The third-order valence-corrected chi connectivity index (χ3v) is 5.20. The van der Waals surface area contributed by atoms with Crippen LogP contribution in [-0.2, 0) is 12.7 Å². The maximum absolute atomic E-state index is 14.1. The molecule has 0 aliphatic carbocycles. The summed E-state index contributed by atoms with van der Waals surface area (Å²) in [5, 5.41) is 0.197. The van der Waals surface area contributed by atoms with Gasteiger partial charge in [-0.2, -0.15) is 13.2 Å². The molecule has 28 heavy (non-hydrogen) atoms. The average molecular weight is 416 g/mol. The van der Waals surface area contributed by atoms with Crippen molar-refractivity contribution in [2.75, 3.05) is 6.54 Å². The van der Waals surface area contributed by atoms with Crippen LogP contribution in [0.3, 0.4) is 0 Å². The minimum Gasteiger partial charge on any atom is -0.333 e. The molecule has 0 fully saturated rings. The fraction of sp³-hybridized carbons (Fsp3) is 0.353. The maximum Gasteiger partial charge on any atom is 0.449 e. The number of carbonyl (C=O) groups is 1. The molecule has 3 heterocycles. The van der Waals surface area contributed by atoms with Crippen molar-refractivity contribution in [3.8, 4) is 0 Å². The number of nitrogens with zero attached hydrogens (tertiary/aromatic N) is 4. The van der Waals surface area contributed by atoms with Gasteiger partial charge in [0, 0.05) is 11.6 Å². The number of benzene rings is 1. The van der Waals surface area contributed by atoms with Crippen molar-refractivity contribution < 1.29 is 22.4 Å². The molecule has 1 amide bonds. The second-order valence-corrected chi connectivity index (χ2v) is 7.16. The van der Waals surface area contributed by atoms with Crippen LogP contribution in [0.5, 0.6) is 0 Å². The molecule has 1 N–H and O–H groups in total. The Morgan fingerprint density at radius 1 is 1.39 bits per heavy atom. The normalized spacial score (nSPS) is 17.2. The quantitative estimate of drug-likeness (QED) is 0.609. The van der Waals surface area contributed by atoms with E-state index >= 15 is 0 Å². The van der Waals surface area contributed by atoms with Gasteiger partial charge in [0.25, 0.3) is 5.91 Å². The molecule has 4 rings (SSSR count). The Morgan fingerprint density at radius 3 is 2.79 bits per heavy atom. The number of hydrogen-bond donors (Lipinski definition) is 1. The highest BCUT2D eigenvalue weighted by Gasteiger charge is 2.41. The lowest BCUT2D eigenvalue weighted by Gasteiger charge is -2.33. The van der Waals surface area contributed by atoms with Crippen molar-refractivity contribution in [2.24, 2.45) is 0 Å². The van der Waals surface area contributed by atoms with E-state index in [4.69, 9.17) is 11.6 Å².